The molecule has 0 radical (unpaired) electrons. The Kier molecular flexibility index (Phi) is 8.24. The molecule has 0 fully saturated rings. The van der Waals surface area contributed by atoms with Gasteiger partial charge in [0.25, 0.3) is 0 Å². The molecule has 1 atom stereocenters. The Labute approximate surface area is 228 Å². The lowest BCUT2D eigenvalue weighted by atomic mass is 9.99. The van der Waals surface area contributed by atoms with Crippen molar-refractivity contribution in [1.82, 2.24) is 0 Å². The molecule has 0 amide bonds. The van der Waals surface area contributed by atoms with Crippen molar-refractivity contribution in [3.8, 4) is 45.8 Å². The molecule has 0 N–H and O–H groups in total. The number of rotatable bonds is 10. The van der Waals surface area contributed by atoms with Crippen LogP contribution >= 0.6 is 0 Å². The van der Waals surface area contributed by atoms with Crippen LogP contribution in [0.15, 0.2) is 51.7 Å². The lowest BCUT2D eigenvalue weighted by Gasteiger charge is -2.22. The Hall–Kier alpha value is -4.33. The molecule has 4 rings (SSSR count). The monoisotopic (exact) mass is 534 g/mol. The molecule has 3 aromatic carbocycles. The van der Waals surface area contributed by atoms with Crippen molar-refractivity contribution in [2.45, 2.75) is 33.3 Å². The maximum Gasteiger partial charge on any atom is 0.239 e. The van der Waals surface area contributed by atoms with Gasteiger partial charge in [0.2, 0.25) is 16.9 Å². The van der Waals surface area contributed by atoms with Gasteiger partial charge in [0.15, 0.2) is 17.3 Å². The first-order chi connectivity index (χ1) is 18.8. The normalized spacial score (nSPS) is 11.7. The second-order valence-electron chi connectivity index (χ2n) is 9.08. The maximum absolute atomic E-state index is 14.2. The van der Waals surface area contributed by atoms with E-state index in [1.807, 2.05) is 32.9 Å². The van der Waals surface area contributed by atoms with Crippen LogP contribution in [-0.4, -0.2) is 35.5 Å². The van der Waals surface area contributed by atoms with E-state index in [2.05, 4.69) is 6.07 Å². The second-order valence-corrected chi connectivity index (χ2v) is 9.08. The fraction of sp³-hybridized carbons (Fsp3) is 0.323. The Morgan fingerprint density at radius 3 is 1.97 bits per heavy atom. The molecule has 0 saturated heterocycles. The lowest BCUT2D eigenvalue weighted by Crippen LogP contribution is -2.16. The molecule has 0 bridgehead atoms. The van der Waals surface area contributed by atoms with E-state index in [-0.39, 0.29) is 27.9 Å². The molecule has 1 heterocycles. The molecular weight excluding hydrogens is 500 g/mol. The maximum atomic E-state index is 14.2. The minimum atomic E-state index is -0.406. The standard InChI is InChI=1S/C31H34O8/c1-9-22(21-11-10-17(2)12-18(21)3)38-31-28(32)27-23(34-5)15-20(33-4)16-24(27)39-29(31)19-13-25(35-6)30(37-8)26(14-19)36-7/h10-16,22H,9H2,1-8H3. The summed E-state index contributed by atoms with van der Waals surface area (Å²) in [4.78, 5) is 14.2. The molecule has 39 heavy (non-hydrogen) atoms. The van der Waals surface area contributed by atoms with E-state index in [4.69, 9.17) is 32.8 Å². The molecule has 4 aromatic rings. The van der Waals surface area contributed by atoms with Crippen LogP contribution in [0.2, 0.25) is 0 Å². The van der Waals surface area contributed by atoms with Crippen LogP contribution in [0.25, 0.3) is 22.3 Å². The van der Waals surface area contributed by atoms with Crippen LogP contribution in [0.1, 0.15) is 36.1 Å². The quantitative estimate of drug-likeness (QED) is 0.224. The fourth-order valence-corrected chi connectivity index (χ4v) is 4.73. The largest absolute Gasteiger partial charge is 0.496 e. The van der Waals surface area contributed by atoms with Crippen molar-refractivity contribution in [3.05, 3.63) is 69.4 Å². The summed E-state index contributed by atoms with van der Waals surface area (Å²) in [6.45, 7) is 6.09. The van der Waals surface area contributed by atoms with Crippen molar-refractivity contribution in [2.75, 3.05) is 35.5 Å². The first kappa shape index (κ1) is 27.7. The Morgan fingerprint density at radius 2 is 1.44 bits per heavy atom. The van der Waals surface area contributed by atoms with Gasteiger partial charge in [0.1, 0.15) is 28.6 Å². The van der Waals surface area contributed by atoms with Crippen molar-refractivity contribution >= 4 is 11.0 Å². The fourth-order valence-electron chi connectivity index (χ4n) is 4.73. The van der Waals surface area contributed by atoms with E-state index in [0.29, 0.717) is 40.7 Å². The second kappa shape index (κ2) is 11.6. The average Bonchev–Trinajstić information content (AvgIpc) is 2.95. The highest BCUT2D eigenvalue weighted by atomic mass is 16.5. The predicted octanol–water partition coefficient (Wildman–Crippen LogP) is 6.65. The topological polar surface area (TPSA) is 85.6 Å². The number of hydrogen-bond acceptors (Lipinski definition) is 8. The van der Waals surface area contributed by atoms with Crippen LogP contribution in [0.5, 0.6) is 34.5 Å². The molecule has 0 spiro atoms. The van der Waals surface area contributed by atoms with E-state index in [1.54, 1.807) is 24.3 Å². The van der Waals surface area contributed by atoms with E-state index in [9.17, 15) is 4.79 Å². The highest BCUT2D eigenvalue weighted by Gasteiger charge is 2.26. The number of benzene rings is 3. The van der Waals surface area contributed by atoms with E-state index in [1.165, 1.54) is 35.5 Å². The minimum absolute atomic E-state index is 0.0482. The molecule has 206 valence electrons. The molecule has 1 aromatic heterocycles. The van der Waals surface area contributed by atoms with Gasteiger partial charge in [-0.05, 0) is 43.5 Å². The van der Waals surface area contributed by atoms with E-state index in [0.717, 1.165) is 16.7 Å². The number of aryl methyl sites for hydroxylation is 2. The van der Waals surface area contributed by atoms with Crippen LogP contribution in [0.3, 0.4) is 0 Å². The summed E-state index contributed by atoms with van der Waals surface area (Å²) in [5.74, 6) is 2.29. The van der Waals surface area contributed by atoms with Crippen LogP contribution in [0.4, 0.5) is 0 Å². The zero-order valence-electron chi connectivity index (χ0n) is 23.6. The zero-order valence-corrected chi connectivity index (χ0v) is 23.6. The van der Waals surface area contributed by atoms with Gasteiger partial charge >= 0.3 is 0 Å². The molecule has 8 heteroatoms. The van der Waals surface area contributed by atoms with Gasteiger partial charge < -0.3 is 32.8 Å². The molecule has 1 unspecified atom stereocenters. The number of fused-ring (bicyclic) bond motifs is 1. The van der Waals surface area contributed by atoms with Crippen molar-refractivity contribution in [2.24, 2.45) is 0 Å². The molecule has 0 saturated carbocycles. The van der Waals surface area contributed by atoms with Gasteiger partial charge in [-0.1, -0.05) is 30.7 Å². The van der Waals surface area contributed by atoms with Crippen molar-refractivity contribution in [1.29, 1.82) is 0 Å². The highest BCUT2D eigenvalue weighted by Crippen LogP contribution is 2.45. The zero-order chi connectivity index (χ0) is 28.3. The van der Waals surface area contributed by atoms with Crippen molar-refractivity contribution in [3.63, 3.8) is 0 Å². The third-order valence-corrected chi connectivity index (χ3v) is 6.68. The first-order valence-electron chi connectivity index (χ1n) is 12.6. The SMILES string of the molecule is CCC(Oc1c(-c2cc(OC)c(OC)c(OC)c2)oc2cc(OC)cc(OC)c2c1=O)c1ccc(C)cc1C. The first-order valence-corrected chi connectivity index (χ1v) is 12.6. The van der Waals surface area contributed by atoms with Gasteiger partial charge in [0, 0.05) is 17.7 Å². The molecule has 0 aliphatic carbocycles. The summed E-state index contributed by atoms with van der Waals surface area (Å²) in [6.07, 6.45) is 0.214. The minimum Gasteiger partial charge on any atom is -0.496 e. The summed E-state index contributed by atoms with van der Waals surface area (Å²) >= 11 is 0. The van der Waals surface area contributed by atoms with Gasteiger partial charge in [-0.25, -0.2) is 0 Å². The summed E-state index contributed by atoms with van der Waals surface area (Å²) in [6, 6.07) is 12.9. The van der Waals surface area contributed by atoms with Gasteiger partial charge in [-0.15, -0.1) is 0 Å². The summed E-state index contributed by atoms with van der Waals surface area (Å²) < 4.78 is 40.5. The number of hydrogen-bond donors (Lipinski definition) is 0. The predicted molar refractivity (Wildman–Crippen MR) is 150 cm³/mol. The smallest absolute Gasteiger partial charge is 0.239 e. The molecule has 8 nitrogen and oxygen atoms in total. The third kappa shape index (κ3) is 5.19. The van der Waals surface area contributed by atoms with Crippen LogP contribution in [-0.2, 0) is 0 Å². The van der Waals surface area contributed by atoms with Gasteiger partial charge in [-0.2, -0.15) is 0 Å². The van der Waals surface area contributed by atoms with Gasteiger partial charge in [-0.3, -0.25) is 4.79 Å². The van der Waals surface area contributed by atoms with Crippen LogP contribution in [0, 0.1) is 13.8 Å². The number of ether oxygens (including phenoxy) is 6. The Balaban J connectivity index is 2.05. The molecule has 0 aliphatic heterocycles. The summed E-state index contributed by atoms with van der Waals surface area (Å²) in [5.41, 5.74) is 3.63. The van der Waals surface area contributed by atoms with Crippen molar-refractivity contribution < 1.29 is 32.8 Å². The summed E-state index contributed by atoms with van der Waals surface area (Å²) in [5, 5.41) is 0.250. The Morgan fingerprint density at radius 1 is 0.769 bits per heavy atom. The van der Waals surface area contributed by atoms with E-state index < -0.39 is 6.10 Å². The average molecular weight is 535 g/mol. The summed E-state index contributed by atoms with van der Waals surface area (Å²) in [7, 11) is 7.60. The number of methoxy groups -OCH3 is 5. The third-order valence-electron chi connectivity index (χ3n) is 6.68. The molecule has 0 aliphatic rings. The van der Waals surface area contributed by atoms with E-state index >= 15 is 0 Å². The molecular formula is C31H34O8. The van der Waals surface area contributed by atoms with Crippen LogP contribution < -0.4 is 33.8 Å². The highest BCUT2D eigenvalue weighted by molar-refractivity contribution is 5.89. The Bertz CT molecular complexity index is 1530. The lowest BCUT2D eigenvalue weighted by molar-refractivity contribution is 0.196. The van der Waals surface area contributed by atoms with Gasteiger partial charge in [0.05, 0.1) is 35.5 Å².